The first-order chi connectivity index (χ1) is 8.58. The first kappa shape index (κ1) is 15.1. The molecule has 1 atom stereocenters. The van der Waals surface area contributed by atoms with Gasteiger partial charge in [-0.3, -0.25) is 9.69 Å². The third-order valence-electron chi connectivity index (χ3n) is 2.81. The van der Waals surface area contributed by atoms with Crippen molar-refractivity contribution >= 4 is 27.5 Å². The zero-order valence-corrected chi connectivity index (χ0v) is 12.3. The van der Waals surface area contributed by atoms with Crippen molar-refractivity contribution in [3.63, 3.8) is 0 Å². The molecule has 1 unspecified atom stereocenters. The smallest absolute Gasteiger partial charge is 0.241 e. The van der Waals surface area contributed by atoms with E-state index in [-0.39, 0.29) is 18.6 Å². The Balaban J connectivity index is 2.64. The van der Waals surface area contributed by atoms with Crippen molar-refractivity contribution in [2.75, 3.05) is 25.0 Å². The lowest BCUT2D eigenvalue weighted by Gasteiger charge is -2.26. The molecule has 5 heteroatoms. The maximum Gasteiger partial charge on any atom is 0.241 e. The molecule has 0 radical (unpaired) electrons. The molecule has 0 spiro atoms. The van der Waals surface area contributed by atoms with Crippen LogP contribution in [0.4, 0.5) is 5.69 Å². The number of nitrogens with one attached hydrogen (secondary N) is 1. The molecule has 0 aliphatic heterocycles. The summed E-state index contributed by atoms with van der Waals surface area (Å²) in [6.07, 6.45) is 0. The van der Waals surface area contributed by atoms with E-state index < -0.39 is 0 Å². The van der Waals surface area contributed by atoms with Gasteiger partial charge in [0.1, 0.15) is 0 Å². The van der Waals surface area contributed by atoms with Gasteiger partial charge < -0.3 is 10.4 Å². The summed E-state index contributed by atoms with van der Waals surface area (Å²) in [5, 5.41) is 11.8. The fourth-order valence-electron chi connectivity index (χ4n) is 1.73. The van der Waals surface area contributed by atoms with E-state index in [4.69, 9.17) is 5.11 Å². The number of carbonyl (C=O) groups is 1. The van der Waals surface area contributed by atoms with Crippen molar-refractivity contribution in [1.82, 2.24) is 4.90 Å². The molecule has 4 nitrogen and oxygen atoms in total. The molecule has 100 valence electrons. The van der Waals surface area contributed by atoms with Crippen LogP contribution in [-0.2, 0) is 4.79 Å². The fourth-order valence-corrected chi connectivity index (χ4v) is 2.13. The highest BCUT2D eigenvalue weighted by atomic mass is 79.9. The maximum absolute atomic E-state index is 12.0. The first-order valence-electron chi connectivity index (χ1n) is 5.99. The molecule has 0 heterocycles. The van der Waals surface area contributed by atoms with Crippen molar-refractivity contribution in [1.29, 1.82) is 0 Å². The van der Waals surface area contributed by atoms with Gasteiger partial charge in [-0.2, -0.15) is 0 Å². The molecule has 18 heavy (non-hydrogen) atoms. The average Bonchev–Trinajstić information content (AvgIpc) is 2.35. The summed E-state index contributed by atoms with van der Waals surface area (Å²) in [5.41, 5.74) is 0.765. The maximum atomic E-state index is 12.0. The van der Waals surface area contributed by atoms with Gasteiger partial charge in [-0.15, -0.1) is 0 Å². The lowest BCUT2D eigenvalue weighted by atomic mass is 10.2. The van der Waals surface area contributed by atoms with Gasteiger partial charge in [0.25, 0.3) is 0 Å². The van der Waals surface area contributed by atoms with Crippen molar-refractivity contribution in [3.05, 3.63) is 28.7 Å². The Morgan fingerprint density at radius 2 is 2.28 bits per heavy atom. The first-order valence-corrected chi connectivity index (χ1v) is 6.79. The number of aliphatic hydroxyl groups is 1. The minimum atomic E-state index is -0.263. The van der Waals surface area contributed by atoms with Gasteiger partial charge >= 0.3 is 0 Å². The van der Waals surface area contributed by atoms with Crippen molar-refractivity contribution < 1.29 is 9.90 Å². The summed E-state index contributed by atoms with van der Waals surface area (Å²) >= 11 is 3.36. The monoisotopic (exact) mass is 314 g/mol. The summed E-state index contributed by atoms with van der Waals surface area (Å²) in [7, 11) is 0. The molecular weight excluding hydrogens is 296 g/mol. The number of hydrogen-bond donors (Lipinski definition) is 2. The van der Waals surface area contributed by atoms with Crippen LogP contribution in [0.25, 0.3) is 0 Å². The number of amides is 1. The molecule has 0 fully saturated rings. The van der Waals surface area contributed by atoms with Crippen molar-refractivity contribution in [2.24, 2.45) is 0 Å². The molecule has 0 aliphatic rings. The molecule has 2 N–H and O–H groups in total. The third-order valence-corrected chi connectivity index (χ3v) is 3.31. The van der Waals surface area contributed by atoms with E-state index in [0.29, 0.717) is 6.54 Å². The van der Waals surface area contributed by atoms with Gasteiger partial charge in [-0.25, -0.2) is 0 Å². The lowest BCUT2D eigenvalue weighted by Crippen LogP contribution is -2.43. The number of halogens is 1. The highest BCUT2D eigenvalue weighted by Gasteiger charge is 2.19. The highest BCUT2D eigenvalue weighted by molar-refractivity contribution is 9.10. The van der Waals surface area contributed by atoms with Crippen LogP contribution >= 0.6 is 15.9 Å². The number of rotatable bonds is 6. The largest absolute Gasteiger partial charge is 0.395 e. The van der Waals surface area contributed by atoms with Gasteiger partial charge in [-0.05, 0) is 31.7 Å². The van der Waals surface area contributed by atoms with Crippen LogP contribution in [-0.4, -0.2) is 41.7 Å². The van der Waals surface area contributed by atoms with E-state index in [9.17, 15) is 4.79 Å². The number of hydrogen-bond acceptors (Lipinski definition) is 3. The van der Waals surface area contributed by atoms with Crippen LogP contribution in [0.2, 0.25) is 0 Å². The number of likely N-dealkylation sites (N-methyl/N-ethyl adjacent to an activating group) is 1. The zero-order valence-electron chi connectivity index (χ0n) is 10.7. The number of anilines is 1. The molecule has 1 rings (SSSR count). The van der Waals surface area contributed by atoms with E-state index >= 15 is 0 Å². The van der Waals surface area contributed by atoms with Gasteiger partial charge in [-0.1, -0.05) is 28.9 Å². The molecule has 0 saturated carbocycles. The number of nitrogens with zero attached hydrogens (tertiary/aromatic N) is 1. The van der Waals surface area contributed by atoms with E-state index in [1.807, 2.05) is 43.0 Å². The van der Waals surface area contributed by atoms with Crippen LogP contribution in [0.15, 0.2) is 28.7 Å². The summed E-state index contributed by atoms with van der Waals surface area (Å²) in [5.74, 6) is -0.0663. The Morgan fingerprint density at radius 3 is 2.83 bits per heavy atom. The second kappa shape index (κ2) is 7.51. The number of carbonyl (C=O) groups excluding carboxylic acids is 1. The Hall–Kier alpha value is -0.910. The van der Waals surface area contributed by atoms with Crippen LogP contribution in [0.1, 0.15) is 13.8 Å². The highest BCUT2D eigenvalue weighted by Crippen LogP contribution is 2.16. The second-order valence-electron chi connectivity index (χ2n) is 4.03. The predicted molar refractivity (Wildman–Crippen MR) is 76.6 cm³/mol. The Kier molecular flexibility index (Phi) is 6.32. The van der Waals surface area contributed by atoms with Crippen molar-refractivity contribution in [2.45, 2.75) is 19.9 Å². The second-order valence-corrected chi connectivity index (χ2v) is 4.94. The lowest BCUT2D eigenvalue weighted by molar-refractivity contribution is -0.120. The van der Waals surface area contributed by atoms with Gasteiger partial charge in [0.15, 0.2) is 0 Å². The molecule has 0 saturated heterocycles. The van der Waals surface area contributed by atoms with E-state index in [2.05, 4.69) is 21.2 Å². The molecule has 1 amide bonds. The van der Waals surface area contributed by atoms with E-state index in [1.165, 1.54) is 0 Å². The quantitative estimate of drug-likeness (QED) is 0.845. The predicted octanol–water partition coefficient (Wildman–Crippen LogP) is 2.09. The number of aliphatic hydroxyl groups excluding tert-OH is 1. The Morgan fingerprint density at radius 1 is 1.56 bits per heavy atom. The summed E-state index contributed by atoms with van der Waals surface area (Å²) in [6, 6.07) is 7.21. The van der Waals surface area contributed by atoms with Crippen LogP contribution in [0.3, 0.4) is 0 Å². The molecule has 0 aliphatic carbocycles. The Labute approximate surface area is 116 Å². The average molecular weight is 315 g/mol. The van der Waals surface area contributed by atoms with Gasteiger partial charge in [0.05, 0.1) is 12.6 Å². The number of benzene rings is 1. The van der Waals surface area contributed by atoms with Crippen LogP contribution < -0.4 is 5.32 Å². The van der Waals surface area contributed by atoms with Gasteiger partial charge in [0, 0.05) is 16.7 Å². The fraction of sp³-hybridized carbons (Fsp3) is 0.462. The minimum Gasteiger partial charge on any atom is -0.395 e. The topological polar surface area (TPSA) is 52.6 Å². The summed E-state index contributed by atoms with van der Waals surface area (Å²) in [6.45, 7) is 5.10. The normalized spacial score (nSPS) is 12.5. The molecule has 0 aromatic heterocycles. The molecule has 1 aromatic rings. The Bertz CT molecular complexity index is 398. The summed E-state index contributed by atoms with van der Waals surface area (Å²) < 4.78 is 0.927. The zero-order chi connectivity index (χ0) is 13.5. The summed E-state index contributed by atoms with van der Waals surface area (Å²) in [4.78, 5) is 14.0. The standard InChI is InChI=1S/C13H19BrN2O2/c1-3-16(7-8-17)10(2)13(18)15-12-6-4-5-11(14)9-12/h4-6,9-10,17H,3,7-8H2,1-2H3,(H,15,18). The van der Waals surface area contributed by atoms with E-state index in [0.717, 1.165) is 16.7 Å². The third kappa shape index (κ3) is 4.40. The van der Waals surface area contributed by atoms with Crippen LogP contribution in [0.5, 0.6) is 0 Å². The van der Waals surface area contributed by atoms with Crippen LogP contribution in [0, 0.1) is 0 Å². The molecule has 1 aromatic carbocycles. The van der Waals surface area contributed by atoms with E-state index in [1.54, 1.807) is 0 Å². The van der Waals surface area contributed by atoms with Gasteiger partial charge in [0.2, 0.25) is 5.91 Å². The van der Waals surface area contributed by atoms with Crippen molar-refractivity contribution in [3.8, 4) is 0 Å². The molecule has 0 bridgehead atoms. The molecular formula is C13H19BrN2O2. The SMILES string of the molecule is CCN(CCO)C(C)C(=O)Nc1cccc(Br)c1. The minimum absolute atomic E-state index is 0.0579.